The summed E-state index contributed by atoms with van der Waals surface area (Å²) in [6.45, 7) is 9.77. The molecule has 1 aliphatic heterocycles. The van der Waals surface area contributed by atoms with Crippen LogP contribution in [0.25, 0.3) is 11.0 Å². The van der Waals surface area contributed by atoms with Crippen molar-refractivity contribution in [3.8, 4) is 5.75 Å². The van der Waals surface area contributed by atoms with Crippen molar-refractivity contribution in [3.63, 3.8) is 0 Å². The normalized spacial score (nSPS) is 15.5. The molecule has 2 heterocycles. The minimum Gasteiger partial charge on any atom is -0.493 e. The van der Waals surface area contributed by atoms with Crippen molar-refractivity contribution in [2.24, 2.45) is 0 Å². The maximum Gasteiger partial charge on any atom is 0.122 e. The molecule has 1 aromatic heterocycles. The summed E-state index contributed by atoms with van der Waals surface area (Å²) < 4.78 is 8.42. The number of para-hydroxylation sites is 3. The van der Waals surface area contributed by atoms with Crippen molar-refractivity contribution >= 4 is 11.0 Å². The van der Waals surface area contributed by atoms with Crippen LogP contribution < -0.4 is 4.74 Å². The van der Waals surface area contributed by atoms with Gasteiger partial charge in [0.1, 0.15) is 11.6 Å². The zero-order chi connectivity index (χ0) is 21.5. The standard InChI is InChI=1S/C26H36N4O/c1-22-10-3-6-13-25(22)31-21-8-7-16-30-24-12-5-4-11-23(24)27-26(30)14-9-15-29-19-17-28(2)18-20-29/h3-6,10-13H,7-9,14-21H2,1-2H3. The summed E-state index contributed by atoms with van der Waals surface area (Å²) in [5, 5.41) is 0. The number of imidazole rings is 1. The predicted molar refractivity (Wildman–Crippen MR) is 128 cm³/mol. The van der Waals surface area contributed by atoms with Crippen LogP contribution in [0.4, 0.5) is 0 Å². The van der Waals surface area contributed by atoms with E-state index in [2.05, 4.69) is 70.8 Å². The number of unbranched alkanes of at least 4 members (excludes halogenated alkanes) is 1. The third kappa shape index (κ3) is 5.86. The molecule has 1 fully saturated rings. The Morgan fingerprint density at radius 1 is 0.871 bits per heavy atom. The number of hydrogen-bond donors (Lipinski definition) is 0. The van der Waals surface area contributed by atoms with E-state index < -0.39 is 0 Å². The zero-order valence-corrected chi connectivity index (χ0v) is 19.1. The van der Waals surface area contributed by atoms with E-state index in [1.54, 1.807) is 0 Å². The van der Waals surface area contributed by atoms with Crippen LogP contribution in [0.2, 0.25) is 0 Å². The number of hydrogen-bond acceptors (Lipinski definition) is 4. The van der Waals surface area contributed by atoms with Crippen LogP contribution in [0, 0.1) is 6.92 Å². The van der Waals surface area contributed by atoms with Gasteiger partial charge in [0.15, 0.2) is 0 Å². The summed E-state index contributed by atoms with van der Waals surface area (Å²) in [4.78, 5) is 9.98. The highest BCUT2D eigenvalue weighted by Crippen LogP contribution is 2.19. The van der Waals surface area contributed by atoms with Gasteiger partial charge in [0.25, 0.3) is 0 Å². The molecule has 166 valence electrons. The fraction of sp³-hybridized carbons (Fsp3) is 0.500. The van der Waals surface area contributed by atoms with Gasteiger partial charge in [-0.1, -0.05) is 30.3 Å². The average Bonchev–Trinajstić information content (AvgIpc) is 3.13. The quantitative estimate of drug-likeness (QED) is 0.456. The van der Waals surface area contributed by atoms with Gasteiger partial charge in [-0.3, -0.25) is 0 Å². The smallest absolute Gasteiger partial charge is 0.122 e. The lowest BCUT2D eigenvalue weighted by molar-refractivity contribution is 0.152. The van der Waals surface area contributed by atoms with Gasteiger partial charge in [0.2, 0.25) is 0 Å². The van der Waals surface area contributed by atoms with Crippen LogP contribution in [0.15, 0.2) is 48.5 Å². The van der Waals surface area contributed by atoms with Crippen molar-refractivity contribution in [1.29, 1.82) is 0 Å². The molecule has 5 nitrogen and oxygen atoms in total. The summed E-state index contributed by atoms with van der Waals surface area (Å²) in [6, 6.07) is 16.8. The van der Waals surface area contributed by atoms with Gasteiger partial charge in [-0.05, 0) is 63.5 Å². The Labute approximate surface area is 186 Å². The van der Waals surface area contributed by atoms with Crippen LogP contribution in [-0.4, -0.2) is 65.7 Å². The Hall–Kier alpha value is -2.37. The van der Waals surface area contributed by atoms with Crippen molar-refractivity contribution in [1.82, 2.24) is 19.4 Å². The van der Waals surface area contributed by atoms with E-state index in [0.717, 1.165) is 43.7 Å². The molecule has 0 radical (unpaired) electrons. The first-order valence-electron chi connectivity index (χ1n) is 11.7. The van der Waals surface area contributed by atoms with Gasteiger partial charge in [-0.2, -0.15) is 0 Å². The lowest BCUT2D eigenvalue weighted by Gasteiger charge is -2.32. The largest absolute Gasteiger partial charge is 0.493 e. The second kappa shape index (κ2) is 10.8. The molecule has 0 saturated carbocycles. The van der Waals surface area contributed by atoms with Crippen LogP contribution in [-0.2, 0) is 13.0 Å². The van der Waals surface area contributed by atoms with Gasteiger partial charge in [-0.25, -0.2) is 4.98 Å². The minimum atomic E-state index is 0.760. The molecule has 0 N–H and O–H groups in total. The minimum absolute atomic E-state index is 0.760. The first kappa shape index (κ1) is 21.8. The summed E-state index contributed by atoms with van der Waals surface area (Å²) in [5.41, 5.74) is 3.58. The molecule has 1 saturated heterocycles. The van der Waals surface area contributed by atoms with Crippen LogP contribution in [0.5, 0.6) is 5.75 Å². The van der Waals surface area contributed by atoms with Crippen LogP contribution >= 0.6 is 0 Å². The molecule has 0 spiro atoms. The van der Waals surface area contributed by atoms with Gasteiger partial charge >= 0.3 is 0 Å². The lowest BCUT2D eigenvalue weighted by atomic mass is 10.2. The molecule has 3 aromatic rings. The van der Waals surface area contributed by atoms with Crippen LogP contribution in [0.3, 0.4) is 0 Å². The Balaban J connectivity index is 1.30. The maximum atomic E-state index is 5.98. The molecular weight excluding hydrogens is 384 g/mol. The monoisotopic (exact) mass is 420 g/mol. The molecule has 0 atom stereocenters. The second-order valence-corrected chi connectivity index (χ2v) is 8.74. The van der Waals surface area contributed by atoms with Crippen molar-refractivity contribution in [3.05, 3.63) is 59.9 Å². The average molecular weight is 421 g/mol. The molecule has 1 aliphatic rings. The van der Waals surface area contributed by atoms with Crippen molar-refractivity contribution in [2.75, 3.05) is 46.4 Å². The van der Waals surface area contributed by atoms with Crippen molar-refractivity contribution < 1.29 is 4.74 Å². The third-order valence-electron chi connectivity index (χ3n) is 6.33. The SMILES string of the molecule is Cc1ccccc1OCCCCn1c(CCCN2CCN(C)CC2)nc2ccccc21. The van der Waals surface area contributed by atoms with E-state index in [0.29, 0.717) is 0 Å². The van der Waals surface area contributed by atoms with E-state index in [1.807, 2.05) is 6.07 Å². The van der Waals surface area contributed by atoms with E-state index in [1.165, 1.54) is 56.0 Å². The number of fused-ring (bicyclic) bond motifs is 1. The fourth-order valence-electron chi connectivity index (χ4n) is 4.37. The molecule has 4 rings (SSSR count). The number of nitrogens with zero attached hydrogens (tertiary/aromatic N) is 4. The number of likely N-dealkylation sites (N-methyl/N-ethyl adjacent to an activating group) is 1. The molecule has 2 aromatic carbocycles. The number of aryl methyl sites for hydroxylation is 3. The van der Waals surface area contributed by atoms with Gasteiger partial charge in [0, 0.05) is 39.1 Å². The van der Waals surface area contributed by atoms with E-state index in [4.69, 9.17) is 9.72 Å². The second-order valence-electron chi connectivity index (χ2n) is 8.74. The Bertz CT molecular complexity index is 959. The molecule has 31 heavy (non-hydrogen) atoms. The molecule has 0 amide bonds. The number of aromatic nitrogens is 2. The highest BCUT2D eigenvalue weighted by molar-refractivity contribution is 5.75. The van der Waals surface area contributed by atoms with Gasteiger partial charge in [-0.15, -0.1) is 0 Å². The Morgan fingerprint density at radius 2 is 1.65 bits per heavy atom. The Kier molecular flexibility index (Phi) is 7.60. The van der Waals surface area contributed by atoms with Gasteiger partial charge in [0.05, 0.1) is 17.6 Å². The zero-order valence-electron chi connectivity index (χ0n) is 19.1. The molecular formula is C26H36N4O. The fourth-order valence-corrected chi connectivity index (χ4v) is 4.37. The Morgan fingerprint density at radius 3 is 2.48 bits per heavy atom. The number of ether oxygens (including phenoxy) is 1. The third-order valence-corrected chi connectivity index (χ3v) is 6.33. The number of rotatable bonds is 10. The predicted octanol–water partition coefficient (Wildman–Crippen LogP) is 4.38. The number of piperazine rings is 1. The van der Waals surface area contributed by atoms with E-state index in [9.17, 15) is 0 Å². The van der Waals surface area contributed by atoms with Gasteiger partial charge < -0.3 is 19.1 Å². The highest BCUT2D eigenvalue weighted by atomic mass is 16.5. The highest BCUT2D eigenvalue weighted by Gasteiger charge is 2.15. The van der Waals surface area contributed by atoms with E-state index >= 15 is 0 Å². The molecule has 0 unspecified atom stereocenters. The summed E-state index contributed by atoms with van der Waals surface area (Å²) in [6.07, 6.45) is 4.35. The lowest BCUT2D eigenvalue weighted by Crippen LogP contribution is -2.44. The molecule has 5 heteroatoms. The molecule has 0 aliphatic carbocycles. The number of benzene rings is 2. The summed E-state index contributed by atoms with van der Waals surface area (Å²) in [5.74, 6) is 2.23. The summed E-state index contributed by atoms with van der Waals surface area (Å²) in [7, 11) is 2.21. The molecule has 0 bridgehead atoms. The van der Waals surface area contributed by atoms with E-state index in [-0.39, 0.29) is 0 Å². The summed E-state index contributed by atoms with van der Waals surface area (Å²) >= 11 is 0. The maximum absolute atomic E-state index is 5.98. The first-order valence-corrected chi connectivity index (χ1v) is 11.7. The topological polar surface area (TPSA) is 33.5 Å². The van der Waals surface area contributed by atoms with Crippen molar-refractivity contribution in [2.45, 2.75) is 39.2 Å². The van der Waals surface area contributed by atoms with Crippen LogP contribution in [0.1, 0.15) is 30.7 Å². The first-order chi connectivity index (χ1) is 15.2.